The summed E-state index contributed by atoms with van der Waals surface area (Å²) in [5.41, 5.74) is 14.4. The number of hydrogen-bond donors (Lipinski definition) is 2. The minimum Gasteiger partial charge on any atom is -0.484 e. The van der Waals surface area contributed by atoms with Crippen LogP contribution in [0.25, 0.3) is 11.1 Å². The summed E-state index contributed by atoms with van der Waals surface area (Å²) in [6.45, 7) is 4.76. The number of carbonyl (C=O) groups is 1. The molecule has 1 aliphatic rings. The van der Waals surface area contributed by atoms with Crippen molar-refractivity contribution in [2.45, 2.75) is 44.9 Å². The molecule has 0 saturated carbocycles. The number of ether oxygens (including phenoxy) is 1. The molecule has 1 saturated heterocycles. The summed E-state index contributed by atoms with van der Waals surface area (Å²) in [6.07, 6.45) is 4.76. The van der Waals surface area contributed by atoms with Gasteiger partial charge in [0.05, 0.1) is 29.0 Å². The number of halogens is 3. The summed E-state index contributed by atoms with van der Waals surface area (Å²) in [4.78, 5) is 13.9. The first-order chi connectivity index (χ1) is 16.7. The molecule has 186 valence electrons. The van der Waals surface area contributed by atoms with Crippen molar-refractivity contribution in [2.24, 2.45) is 5.73 Å². The van der Waals surface area contributed by atoms with Crippen molar-refractivity contribution in [3.05, 3.63) is 64.2 Å². The quantitative estimate of drug-likeness (QED) is 0.343. The van der Waals surface area contributed by atoms with Gasteiger partial charge in [0.2, 0.25) is 5.91 Å². The Bertz CT molecular complexity index is 1220. The second-order valence-corrected chi connectivity index (χ2v) is 9.61. The number of carbonyl (C=O) groups excluding carboxylic acids is 1. The smallest absolute Gasteiger partial charge is 0.239 e. The van der Waals surface area contributed by atoms with Gasteiger partial charge in [0.15, 0.2) is 0 Å². The second-order valence-electron chi connectivity index (χ2n) is 8.82. The van der Waals surface area contributed by atoms with Crippen LogP contribution >= 0.6 is 23.2 Å². The summed E-state index contributed by atoms with van der Waals surface area (Å²) in [6, 6.07) is 7.83. The SMILES string of the molecule is CC(N)C(=O)N1CCC(n2cc(-c3ccc(N)c(OC(C)c4c(Cl)ccc(F)c4Cl)c3)cn2)CC1. The molecule has 2 heterocycles. The van der Waals surface area contributed by atoms with E-state index in [-0.39, 0.29) is 17.0 Å². The minimum absolute atomic E-state index is 0.0194. The Morgan fingerprint density at radius 2 is 1.89 bits per heavy atom. The Hall–Kier alpha value is -2.81. The van der Waals surface area contributed by atoms with Gasteiger partial charge in [-0.15, -0.1) is 0 Å². The van der Waals surface area contributed by atoms with Crippen LogP contribution in [0, 0.1) is 5.82 Å². The highest BCUT2D eigenvalue weighted by atomic mass is 35.5. The molecular weight excluding hydrogens is 492 g/mol. The van der Waals surface area contributed by atoms with E-state index in [2.05, 4.69) is 5.10 Å². The number of benzene rings is 2. The lowest BCUT2D eigenvalue weighted by Crippen LogP contribution is -2.46. The molecule has 7 nitrogen and oxygen atoms in total. The lowest BCUT2D eigenvalue weighted by atomic mass is 10.0. The number of piperidine rings is 1. The van der Waals surface area contributed by atoms with Crippen molar-refractivity contribution in [1.29, 1.82) is 0 Å². The lowest BCUT2D eigenvalue weighted by molar-refractivity contribution is -0.133. The molecule has 1 aliphatic heterocycles. The molecule has 2 atom stereocenters. The third kappa shape index (κ3) is 5.39. The molecule has 2 aromatic carbocycles. The number of anilines is 1. The molecule has 2 unspecified atom stereocenters. The van der Waals surface area contributed by atoms with Gasteiger partial charge in [0, 0.05) is 35.4 Å². The van der Waals surface area contributed by atoms with E-state index in [4.69, 9.17) is 39.4 Å². The molecule has 4 rings (SSSR count). The van der Waals surface area contributed by atoms with Gasteiger partial charge in [-0.05, 0) is 56.5 Å². The van der Waals surface area contributed by atoms with E-state index in [9.17, 15) is 9.18 Å². The van der Waals surface area contributed by atoms with E-state index in [0.717, 1.165) is 24.0 Å². The number of likely N-dealkylation sites (tertiary alicyclic amines) is 1. The van der Waals surface area contributed by atoms with E-state index in [1.165, 1.54) is 12.1 Å². The average Bonchev–Trinajstić information content (AvgIpc) is 3.33. The predicted octanol–water partition coefficient (Wildman–Crippen LogP) is 5.23. The van der Waals surface area contributed by atoms with Gasteiger partial charge in [-0.2, -0.15) is 5.10 Å². The number of nitrogens with two attached hydrogens (primary N) is 2. The largest absolute Gasteiger partial charge is 0.484 e. The van der Waals surface area contributed by atoms with Gasteiger partial charge in [-0.3, -0.25) is 9.48 Å². The first-order valence-electron chi connectivity index (χ1n) is 11.4. The van der Waals surface area contributed by atoms with E-state index in [1.54, 1.807) is 26.1 Å². The first-order valence-corrected chi connectivity index (χ1v) is 12.2. The van der Waals surface area contributed by atoms with Crippen molar-refractivity contribution in [3.8, 4) is 16.9 Å². The van der Waals surface area contributed by atoms with Crippen LogP contribution in [-0.2, 0) is 4.79 Å². The lowest BCUT2D eigenvalue weighted by Gasteiger charge is -2.33. The summed E-state index contributed by atoms with van der Waals surface area (Å²) < 4.78 is 22.0. The number of nitrogens with zero attached hydrogens (tertiary/aromatic N) is 3. The van der Waals surface area contributed by atoms with Crippen LogP contribution in [0.5, 0.6) is 5.75 Å². The van der Waals surface area contributed by atoms with Crippen LogP contribution in [-0.4, -0.2) is 39.7 Å². The molecule has 1 amide bonds. The van der Waals surface area contributed by atoms with Gasteiger partial charge >= 0.3 is 0 Å². The highest BCUT2D eigenvalue weighted by Gasteiger charge is 2.26. The third-order valence-corrected chi connectivity index (χ3v) is 6.99. The summed E-state index contributed by atoms with van der Waals surface area (Å²) in [7, 11) is 0. The molecule has 4 N–H and O–H groups in total. The highest BCUT2D eigenvalue weighted by Crippen LogP contribution is 2.37. The molecule has 0 radical (unpaired) electrons. The Kier molecular flexibility index (Phi) is 7.54. The minimum atomic E-state index is -0.630. The van der Waals surface area contributed by atoms with Crippen molar-refractivity contribution in [1.82, 2.24) is 14.7 Å². The highest BCUT2D eigenvalue weighted by molar-refractivity contribution is 6.36. The molecule has 0 spiro atoms. The topological polar surface area (TPSA) is 99.4 Å². The molecule has 10 heteroatoms. The number of nitrogen functional groups attached to an aromatic ring is 1. The molecule has 0 bridgehead atoms. The molecule has 35 heavy (non-hydrogen) atoms. The average molecular weight is 520 g/mol. The number of aromatic nitrogens is 2. The summed E-state index contributed by atoms with van der Waals surface area (Å²) in [5, 5.41) is 4.79. The maximum atomic E-state index is 14.0. The standard InChI is InChI=1S/C25H28Cl2FN5O2/c1-14(29)25(34)32-9-7-18(8-10-32)33-13-17(12-31-33)16-3-6-21(30)22(11-16)35-15(2)23-19(26)4-5-20(28)24(23)27/h3-6,11-15,18H,7-10,29-30H2,1-2H3. The van der Waals surface area contributed by atoms with Crippen LogP contribution in [0.4, 0.5) is 10.1 Å². The first kappa shape index (κ1) is 25.3. The van der Waals surface area contributed by atoms with Crippen molar-refractivity contribution < 1.29 is 13.9 Å². The monoisotopic (exact) mass is 519 g/mol. The molecule has 3 aromatic rings. The zero-order valence-corrected chi connectivity index (χ0v) is 21.1. The predicted molar refractivity (Wildman–Crippen MR) is 136 cm³/mol. The fourth-order valence-corrected chi connectivity index (χ4v) is 4.98. The molecule has 1 aromatic heterocycles. The van der Waals surface area contributed by atoms with Crippen LogP contribution < -0.4 is 16.2 Å². The maximum absolute atomic E-state index is 14.0. The molecule has 1 fully saturated rings. The normalized spacial score (nSPS) is 16.2. The summed E-state index contributed by atoms with van der Waals surface area (Å²) in [5.74, 6) is -0.153. The number of rotatable bonds is 6. The van der Waals surface area contributed by atoms with Crippen LogP contribution in [0.2, 0.25) is 10.0 Å². The zero-order chi connectivity index (χ0) is 25.3. The Morgan fingerprint density at radius 3 is 2.57 bits per heavy atom. The van der Waals surface area contributed by atoms with Gasteiger partial charge < -0.3 is 21.1 Å². The Morgan fingerprint density at radius 1 is 1.17 bits per heavy atom. The van der Waals surface area contributed by atoms with E-state index >= 15 is 0 Å². The van der Waals surface area contributed by atoms with Gasteiger partial charge in [-0.1, -0.05) is 29.3 Å². The van der Waals surface area contributed by atoms with Gasteiger partial charge in [0.1, 0.15) is 17.7 Å². The van der Waals surface area contributed by atoms with Crippen LogP contribution in [0.15, 0.2) is 42.7 Å². The third-order valence-electron chi connectivity index (χ3n) is 6.28. The number of hydrogen-bond acceptors (Lipinski definition) is 5. The maximum Gasteiger partial charge on any atom is 0.239 e. The van der Waals surface area contributed by atoms with Crippen LogP contribution in [0.3, 0.4) is 0 Å². The Labute approximate surface area is 213 Å². The van der Waals surface area contributed by atoms with E-state index in [0.29, 0.717) is 35.1 Å². The van der Waals surface area contributed by atoms with Gasteiger partial charge in [-0.25, -0.2) is 4.39 Å². The fourth-order valence-electron chi connectivity index (χ4n) is 4.31. The van der Waals surface area contributed by atoms with E-state index in [1.807, 2.05) is 27.9 Å². The van der Waals surface area contributed by atoms with Crippen molar-refractivity contribution >= 4 is 34.8 Å². The van der Waals surface area contributed by atoms with Crippen molar-refractivity contribution in [3.63, 3.8) is 0 Å². The number of amides is 1. The van der Waals surface area contributed by atoms with Crippen molar-refractivity contribution in [2.75, 3.05) is 18.8 Å². The molecule has 0 aliphatic carbocycles. The van der Waals surface area contributed by atoms with E-state index < -0.39 is 18.0 Å². The molecular formula is C25H28Cl2FN5O2. The summed E-state index contributed by atoms with van der Waals surface area (Å²) >= 11 is 12.4. The Balaban J connectivity index is 1.49. The second kappa shape index (κ2) is 10.4. The zero-order valence-electron chi connectivity index (χ0n) is 19.5. The van der Waals surface area contributed by atoms with Crippen LogP contribution in [0.1, 0.15) is 44.4 Å². The fraction of sp³-hybridized carbons (Fsp3) is 0.360. The van der Waals surface area contributed by atoms with Gasteiger partial charge in [0.25, 0.3) is 0 Å².